The molecule has 0 unspecified atom stereocenters. The maximum Gasteiger partial charge on any atom is 0.0833 e. The van der Waals surface area contributed by atoms with Gasteiger partial charge in [-0.15, -0.1) is 22.7 Å². The van der Waals surface area contributed by atoms with Gasteiger partial charge in [0.1, 0.15) is 0 Å². The number of hydrogen-bond acceptors (Lipinski definition) is 4. The van der Waals surface area contributed by atoms with Crippen LogP contribution in [0.5, 0.6) is 0 Å². The Bertz CT molecular complexity index is 456. The summed E-state index contributed by atoms with van der Waals surface area (Å²) in [5.41, 5.74) is 0. The van der Waals surface area contributed by atoms with Crippen LogP contribution in [-0.4, -0.2) is 11.4 Å². The molecule has 2 rings (SSSR count). The second-order valence-electron chi connectivity index (χ2n) is 2.86. The zero-order chi connectivity index (χ0) is 9.97. The third kappa shape index (κ3) is 1.86. The Morgan fingerprint density at radius 1 is 1.14 bits per heavy atom. The van der Waals surface area contributed by atoms with Crippen LogP contribution in [0.4, 0.5) is 0 Å². The second kappa shape index (κ2) is 3.94. The fourth-order valence-electron chi connectivity index (χ4n) is 1.18. The van der Waals surface area contributed by atoms with Crippen LogP contribution in [0.15, 0.2) is 29.4 Å². The Morgan fingerprint density at radius 2 is 1.86 bits per heavy atom. The largest absolute Gasteiger partial charge is 0.411 e. The van der Waals surface area contributed by atoms with Gasteiger partial charge in [-0.1, -0.05) is 5.16 Å². The quantitative estimate of drug-likeness (QED) is 0.471. The molecule has 0 saturated carbocycles. The third-order valence-electron chi connectivity index (χ3n) is 1.79. The predicted molar refractivity (Wildman–Crippen MR) is 61.7 cm³/mol. The zero-order valence-electron chi connectivity index (χ0n) is 7.60. The minimum absolute atomic E-state index is 0.966. The lowest BCUT2D eigenvalue weighted by Crippen LogP contribution is -1.67. The highest BCUT2D eigenvalue weighted by Gasteiger charge is 2.03. The Hall–Kier alpha value is -1.13. The van der Waals surface area contributed by atoms with E-state index in [9.17, 15) is 0 Å². The molecule has 4 heteroatoms. The van der Waals surface area contributed by atoms with Crippen LogP contribution >= 0.6 is 22.7 Å². The number of rotatable bonds is 2. The lowest BCUT2D eigenvalue weighted by Gasteiger charge is -1.87. The molecule has 72 valence electrons. The molecule has 0 spiro atoms. The molecule has 0 aliphatic heterocycles. The molecule has 2 nitrogen and oxygen atoms in total. The van der Waals surface area contributed by atoms with Gasteiger partial charge in [-0.05, 0) is 31.2 Å². The van der Waals surface area contributed by atoms with Gasteiger partial charge in [0.15, 0.2) is 0 Å². The minimum atomic E-state index is 0.966. The van der Waals surface area contributed by atoms with E-state index in [4.69, 9.17) is 5.21 Å². The highest BCUT2D eigenvalue weighted by atomic mass is 32.1. The van der Waals surface area contributed by atoms with Gasteiger partial charge >= 0.3 is 0 Å². The van der Waals surface area contributed by atoms with Crippen molar-refractivity contribution in [3.63, 3.8) is 0 Å². The standard InChI is InChI=1S/C10H9NOS2/c1-7-2-4-9(13-7)10-5-3-8(14-10)6-11-12/h2-6,12H,1H3/b11-6+. The molecule has 2 aromatic heterocycles. The number of thiophene rings is 2. The Kier molecular flexibility index (Phi) is 2.65. The zero-order valence-corrected chi connectivity index (χ0v) is 9.23. The Labute approximate surface area is 90.1 Å². The summed E-state index contributed by atoms with van der Waals surface area (Å²) in [6.45, 7) is 2.10. The summed E-state index contributed by atoms with van der Waals surface area (Å²) in [7, 11) is 0. The van der Waals surface area contributed by atoms with Gasteiger partial charge in [-0.25, -0.2) is 0 Å². The first-order valence-electron chi connectivity index (χ1n) is 4.13. The second-order valence-corrected chi connectivity index (χ2v) is 5.26. The van der Waals surface area contributed by atoms with Crippen molar-refractivity contribution >= 4 is 28.9 Å². The third-order valence-corrected chi connectivity index (χ3v) is 4.01. The van der Waals surface area contributed by atoms with Gasteiger partial charge in [0.25, 0.3) is 0 Å². The summed E-state index contributed by atoms with van der Waals surface area (Å²) >= 11 is 3.40. The molecule has 2 heterocycles. The summed E-state index contributed by atoms with van der Waals surface area (Å²) < 4.78 is 0. The van der Waals surface area contributed by atoms with E-state index in [2.05, 4.69) is 24.2 Å². The first-order chi connectivity index (χ1) is 6.79. The van der Waals surface area contributed by atoms with Crippen molar-refractivity contribution in [3.8, 4) is 9.75 Å². The van der Waals surface area contributed by atoms with Gasteiger partial charge in [0, 0.05) is 19.5 Å². The van der Waals surface area contributed by atoms with Crippen LogP contribution in [0.2, 0.25) is 0 Å². The van der Waals surface area contributed by atoms with Crippen LogP contribution in [0.3, 0.4) is 0 Å². The van der Waals surface area contributed by atoms with Gasteiger partial charge in [0.2, 0.25) is 0 Å². The lowest BCUT2D eigenvalue weighted by molar-refractivity contribution is 0.322. The Balaban J connectivity index is 2.33. The lowest BCUT2D eigenvalue weighted by atomic mass is 10.3. The van der Waals surface area contributed by atoms with Crippen molar-refractivity contribution in [2.24, 2.45) is 5.16 Å². The SMILES string of the molecule is Cc1ccc(-c2ccc(/C=N/O)s2)s1. The van der Waals surface area contributed by atoms with Gasteiger partial charge in [-0.2, -0.15) is 0 Å². The molecule has 0 aromatic carbocycles. The minimum Gasteiger partial charge on any atom is -0.411 e. The van der Waals surface area contributed by atoms with Gasteiger partial charge < -0.3 is 5.21 Å². The first-order valence-corrected chi connectivity index (χ1v) is 5.77. The van der Waals surface area contributed by atoms with E-state index in [-0.39, 0.29) is 0 Å². The van der Waals surface area contributed by atoms with Crippen LogP contribution in [0.1, 0.15) is 9.75 Å². The maximum atomic E-state index is 8.38. The van der Waals surface area contributed by atoms with Crippen molar-refractivity contribution in [1.82, 2.24) is 0 Å². The smallest absolute Gasteiger partial charge is 0.0833 e. The molecule has 14 heavy (non-hydrogen) atoms. The average Bonchev–Trinajstić information content (AvgIpc) is 2.74. The molecule has 0 aliphatic rings. The molecule has 0 radical (unpaired) electrons. The van der Waals surface area contributed by atoms with Crippen molar-refractivity contribution in [2.75, 3.05) is 0 Å². The van der Waals surface area contributed by atoms with E-state index in [0.717, 1.165) is 4.88 Å². The van der Waals surface area contributed by atoms with Crippen molar-refractivity contribution in [3.05, 3.63) is 34.0 Å². The van der Waals surface area contributed by atoms with Gasteiger partial charge in [-0.3, -0.25) is 0 Å². The van der Waals surface area contributed by atoms with Crippen molar-refractivity contribution < 1.29 is 5.21 Å². The van der Waals surface area contributed by atoms with Crippen LogP contribution in [-0.2, 0) is 0 Å². The molecule has 0 atom stereocenters. The van der Waals surface area contributed by atoms with E-state index in [1.807, 2.05) is 12.1 Å². The molecule has 0 fully saturated rings. The van der Waals surface area contributed by atoms with Crippen LogP contribution in [0.25, 0.3) is 9.75 Å². The van der Waals surface area contributed by atoms with Crippen LogP contribution < -0.4 is 0 Å². The van der Waals surface area contributed by atoms with Crippen molar-refractivity contribution in [2.45, 2.75) is 6.92 Å². The topological polar surface area (TPSA) is 32.6 Å². The highest BCUT2D eigenvalue weighted by molar-refractivity contribution is 7.22. The fourth-order valence-corrected chi connectivity index (χ4v) is 3.01. The number of hydrogen-bond donors (Lipinski definition) is 1. The summed E-state index contributed by atoms with van der Waals surface area (Å²) in [6, 6.07) is 8.23. The van der Waals surface area contributed by atoms with E-state index in [0.29, 0.717) is 0 Å². The van der Waals surface area contributed by atoms with E-state index in [1.165, 1.54) is 20.8 Å². The average molecular weight is 223 g/mol. The van der Waals surface area contributed by atoms with E-state index < -0.39 is 0 Å². The molecular weight excluding hydrogens is 214 g/mol. The molecule has 0 saturated heterocycles. The summed E-state index contributed by atoms with van der Waals surface area (Å²) in [5, 5.41) is 11.4. The number of oxime groups is 1. The normalized spacial score (nSPS) is 11.2. The summed E-state index contributed by atoms with van der Waals surface area (Å²) in [4.78, 5) is 4.77. The molecule has 0 amide bonds. The molecule has 1 N–H and O–H groups in total. The first kappa shape index (κ1) is 9.43. The Morgan fingerprint density at radius 3 is 2.50 bits per heavy atom. The van der Waals surface area contributed by atoms with E-state index >= 15 is 0 Å². The number of nitrogens with zero attached hydrogens (tertiary/aromatic N) is 1. The van der Waals surface area contributed by atoms with E-state index in [1.54, 1.807) is 22.7 Å². The van der Waals surface area contributed by atoms with Crippen molar-refractivity contribution in [1.29, 1.82) is 0 Å². The van der Waals surface area contributed by atoms with Crippen LogP contribution in [0, 0.1) is 6.92 Å². The summed E-state index contributed by atoms with van der Waals surface area (Å²) in [5.74, 6) is 0. The molecular formula is C10H9NOS2. The fraction of sp³-hybridized carbons (Fsp3) is 0.100. The molecule has 0 bridgehead atoms. The monoisotopic (exact) mass is 223 g/mol. The highest BCUT2D eigenvalue weighted by Crippen LogP contribution is 2.32. The maximum absolute atomic E-state index is 8.38. The summed E-state index contributed by atoms with van der Waals surface area (Å²) in [6.07, 6.45) is 1.45. The molecule has 0 aliphatic carbocycles. The molecule has 2 aromatic rings. The predicted octanol–water partition coefficient (Wildman–Crippen LogP) is 3.59. The number of aryl methyl sites for hydroxylation is 1. The van der Waals surface area contributed by atoms with Gasteiger partial charge in [0.05, 0.1) is 6.21 Å².